The van der Waals surface area contributed by atoms with Crippen molar-refractivity contribution in [1.82, 2.24) is 4.90 Å². The Hall–Kier alpha value is -2.42. The predicted molar refractivity (Wildman–Crippen MR) is 132 cm³/mol. The van der Waals surface area contributed by atoms with E-state index in [-0.39, 0.29) is 11.9 Å². The first-order valence-corrected chi connectivity index (χ1v) is 12.3. The second-order valence-corrected chi connectivity index (χ2v) is 9.35. The van der Waals surface area contributed by atoms with Gasteiger partial charge in [0.15, 0.2) is 5.17 Å². The van der Waals surface area contributed by atoms with Crippen LogP contribution in [0.15, 0.2) is 62.3 Å². The smallest absolute Gasteiger partial charge is 0.338 e. The molecule has 166 valence electrons. The summed E-state index contributed by atoms with van der Waals surface area (Å²) in [5.41, 5.74) is 2.15. The third-order valence-electron chi connectivity index (χ3n) is 4.96. The fraction of sp³-hybridized carbons (Fsp3) is 0.261. The van der Waals surface area contributed by atoms with Crippen molar-refractivity contribution in [3.05, 3.63) is 63.0 Å². The number of esters is 1. The Morgan fingerprint density at radius 1 is 1.03 bits per heavy atom. The average molecular weight is 488 g/mol. The summed E-state index contributed by atoms with van der Waals surface area (Å²) in [5.74, 6) is -0.420. The van der Waals surface area contributed by atoms with Gasteiger partial charge in [-0.25, -0.2) is 9.79 Å². The molecule has 0 radical (unpaired) electrons. The van der Waals surface area contributed by atoms with Crippen molar-refractivity contribution in [1.29, 1.82) is 0 Å². The lowest BCUT2D eigenvalue weighted by Gasteiger charge is -2.19. The molecule has 32 heavy (non-hydrogen) atoms. The lowest BCUT2D eigenvalue weighted by molar-refractivity contribution is -0.122. The molecule has 1 fully saturated rings. The summed E-state index contributed by atoms with van der Waals surface area (Å²) in [4.78, 5) is 35.4. The fourth-order valence-corrected chi connectivity index (χ4v) is 6.04. The first-order valence-electron chi connectivity index (χ1n) is 10.3. The largest absolute Gasteiger partial charge is 0.462 e. The number of amidine groups is 1. The number of amides is 1. The first-order chi connectivity index (χ1) is 15.5. The van der Waals surface area contributed by atoms with Crippen LogP contribution in [0.4, 0.5) is 11.4 Å². The fourth-order valence-electron chi connectivity index (χ4n) is 3.43. The second-order valence-electron chi connectivity index (χ2n) is 6.91. The number of benzene rings is 2. The molecule has 2 aliphatic rings. The number of carbonyl (C=O) groups is 2. The molecular formula is C23H22ClN3O3S2. The van der Waals surface area contributed by atoms with Gasteiger partial charge in [0, 0.05) is 23.0 Å². The molecule has 2 aromatic carbocycles. The van der Waals surface area contributed by atoms with E-state index in [0.717, 1.165) is 22.2 Å². The van der Waals surface area contributed by atoms with Gasteiger partial charge in [0.1, 0.15) is 9.93 Å². The molecule has 1 saturated heterocycles. The number of likely N-dealkylation sites (N-methyl/N-ethyl adjacent to an activating group) is 1. The summed E-state index contributed by atoms with van der Waals surface area (Å²) in [6.45, 7) is 7.32. The number of thioether (sulfide) groups is 2. The number of nitrogens with zero attached hydrogens (tertiary/aromatic N) is 3. The standard InChI is InChI=1S/C23H22ClN3O3S2/c1-4-26-17-13-15(24)9-12-18(17)31-21(26)19-20(28)27(5-2)23(32-19)25-16-10-7-14(8-11-16)22(29)30-6-3/h7-13H,4-6H2,1-3H3/b21-19-,25-23?. The van der Waals surface area contributed by atoms with Gasteiger partial charge >= 0.3 is 5.97 Å². The summed E-state index contributed by atoms with van der Waals surface area (Å²) >= 11 is 9.16. The molecule has 2 aliphatic heterocycles. The summed E-state index contributed by atoms with van der Waals surface area (Å²) < 4.78 is 5.02. The summed E-state index contributed by atoms with van der Waals surface area (Å²) in [5, 5.41) is 2.19. The highest BCUT2D eigenvalue weighted by molar-refractivity contribution is 8.19. The topological polar surface area (TPSA) is 62.2 Å². The molecular weight excluding hydrogens is 466 g/mol. The van der Waals surface area contributed by atoms with E-state index in [1.807, 2.05) is 25.1 Å². The van der Waals surface area contributed by atoms with Crippen LogP contribution in [0, 0.1) is 0 Å². The van der Waals surface area contributed by atoms with Gasteiger partial charge in [-0.1, -0.05) is 23.4 Å². The van der Waals surface area contributed by atoms with E-state index < -0.39 is 0 Å². The number of halogens is 1. The SMILES string of the molecule is CCOC(=O)c1ccc(N=C2S/C(=C3\Sc4ccc(Cl)cc4N3CC)C(=O)N2CC)cc1. The number of hydrogen-bond acceptors (Lipinski definition) is 7. The zero-order valence-electron chi connectivity index (χ0n) is 17.9. The van der Waals surface area contributed by atoms with Gasteiger partial charge in [-0.3, -0.25) is 9.69 Å². The van der Waals surface area contributed by atoms with Crippen LogP contribution in [0.5, 0.6) is 0 Å². The number of ether oxygens (including phenoxy) is 1. The minimum absolute atomic E-state index is 0.0563. The Morgan fingerprint density at radius 2 is 1.75 bits per heavy atom. The van der Waals surface area contributed by atoms with Gasteiger partial charge < -0.3 is 9.64 Å². The molecule has 0 aromatic heterocycles. The third kappa shape index (κ3) is 4.27. The van der Waals surface area contributed by atoms with Crippen molar-refractivity contribution in [2.24, 2.45) is 4.99 Å². The molecule has 0 bridgehead atoms. The molecule has 0 aliphatic carbocycles. The van der Waals surface area contributed by atoms with Crippen molar-refractivity contribution >= 4 is 63.5 Å². The zero-order chi connectivity index (χ0) is 22.8. The monoisotopic (exact) mass is 487 g/mol. The Balaban J connectivity index is 1.66. The lowest BCUT2D eigenvalue weighted by atomic mass is 10.2. The highest BCUT2D eigenvalue weighted by atomic mass is 35.5. The molecule has 6 nitrogen and oxygen atoms in total. The molecule has 0 saturated carbocycles. The van der Waals surface area contributed by atoms with Crippen LogP contribution in [-0.4, -0.2) is 41.6 Å². The Labute approximate surface area is 200 Å². The van der Waals surface area contributed by atoms with Crippen LogP contribution >= 0.6 is 35.1 Å². The molecule has 0 atom stereocenters. The van der Waals surface area contributed by atoms with E-state index in [0.29, 0.717) is 39.5 Å². The molecule has 0 unspecified atom stereocenters. The van der Waals surface area contributed by atoms with Gasteiger partial charge in [0.2, 0.25) is 0 Å². The average Bonchev–Trinajstić information content (AvgIpc) is 3.30. The Kier molecular flexibility index (Phi) is 6.83. The molecule has 2 aromatic rings. The number of hydrogen-bond donors (Lipinski definition) is 0. The van der Waals surface area contributed by atoms with Gasteiger partial charge in [-0.15, -0.1) is 0 Å². The molecule has 9 heteroatoms. The van der Waals surface area contributed by atoms with Crippen LogP contribution < -0.4 is 4.90 Å². The van der Waals surface area contributed by atoms with Gasteiger partial charge in [-0.2, -0.15) is 0 Å². The summed E-state index contributed by atoms with van der Waals surface area (Å²) in [6.07, 6.45) is 0. The van der Waals surface area contributed by atoms with Crippen LogP contribution in [0.25, 0.3) is 0 Å². The number of carbonyl (C=O) groups excluding carboxylic acids is 2. The lowest BCUT2D eigenvalue weighted by Crippen LogP contribution is -2.29. The number of rotatable bonds is 5. The van der Waals surface area contributed by atoms with Crippen LogP contribution in [0.2, 0.25) is 5.02 Å². The van der Waals surface area contributed by atoms with Gasteiger partial charge in [0.25, 0.3) is 5.91 Å². The van der Waals surface area contributed by atoms with E-state index >= 15 is 0 Å². The Bertz CT molecular complexity index is 1130. The predicted octanol–water partition coefficient (Wildman–Crippen LogP) is 5.90. The number of fused-ring (bicyclic) bond motifs is 1. The van der Waals surface area contributed by atoms with Crippen molar-refractivity contribution in [3.63, 3.8) is 0 Å². The highest BCUT2D eigenvalue weighted by Gasteiger charge is 2.39. The summed E-state index contributed by atoms with van der Waals surface area (Å²) in [7, 11) is 0. The van der Waals surface area contributed by atoms with Crippen molar-refractivity contribution in [2.45, 2.75) is 25.7 Å². The third-order valence-corrected chi connectivity index (χ3v) is 7.57. The van der Waals surface area contributed by atoms with E-state index in [9.17, 15) is 9.59 Å². The van der Waals surface area contributed by atoms with Crippen molar-refractivity contribution in [2.75, 3.05) is 24.6 Å². The second kappa shape index (κ2) is 9.60. The van der Waals surface area contributed by atoms with E-state index in [2.05, 4.69) is 11.8 Å². The maximum Gasteiger partial charge on any atom is 0.338 e. The molecule has 0 spiro atoms. The summed E-state index contributed by atoms with van der Waals surface area (Å²) in [6, 6.07) is 12.7. The van der Waals surface area contributed by atoms with Gasteiger partial charge in [-0.05, 0) is 75.0 Å². The van der Waals surface area contributed by atoms with Crippen molar-refractivity contribution in [3.8, 4) is 0 Å². The number of aliphatic imine (C=N–C) groups is 1. The van der Waals surface area contributed by atoms with Crippen LogP contribution in [-0.2, 0) is 9.53 Å². The van der Waals surface area contributed by atoms with Crippen molar-refractivity contribution < 1.29 is 14.3 Å². The minimum atomic E-state index is -0.364. The maximum absolute atomic E-state index is 13.3. The normalized spacial score (nSPS) is 19.1. The zero-order valence-corrected chi connectivity index (χ0v) is 20.3. The quantitative estimate of drug-likeness (QED) is 0.386. The molecule has 2 heterocycles. The van der Waals surface area contributed by atoms with E-state index in [4.69, 9.17) is 21.3 Å². The maximum atomic E-state index is 13.3. The first kappa shape index (κ1) is 22.8. The number of anilines is 1. The minimum Gasteiger partial charge on any atom is -0.462 e. The molecule has 4 rings (SSSR count). The molecule has 1 amide bonds. The van der Waals surface area contributed by atoms with E-state index in [1.165, 1.54) is 11.8 Å². The van der Waals surface area contributed by atoms with Gasteiger partial charge in [0.05, 0.1) is 23.5 Å². The van der Waals surface area contributed by atoms with E-state index in [1.54, 1.807) is 47.9 Å². The highest BCUT2D eigenvalue weighted by Crippen LogP contribution is 2.51. The Morgan fingerprint density at radius 3 is 2.41 bits per heavy atom. The van der Waals surface area contributed by atoms with Crippen LogP contribution in [0.3, 0.4) is 0 Å². The molecule has 0 N–H and O–H groups in total. The van der Waals surface area contributed by atoms with Crippen LogP contribution in [0.1, 0.15) is 31.1 Å².